The molecule has 96 valence electrons. The summed E-state index contributed by atoms with van der Waals surface area (Å²) in [6, 6.07) is 9.19. The molecular weight excluding hydrogens is 244 g/mol. The fourth-order valence-corrected chi connectivity index (χ4v) is 3.35. The monoisotopic (exact) mass is 262 g/mol. The first-order chi connectivity index (χ1) is 8.79. The van der Waals surface area contributed by atoms with Crippen molar-refractivity contribution in [2.24, 2.45) is 5.92 Å². The molecule has 18 heavy (non-hydrogen) atoms. The summed E-state index contributed by atoms with van der Waals surface area (Å²) in [6.45, 7) is 1.56. The Labute approximate surface area is 112 Å². The molecule has 0 aromatic heterocycles. The molecule has 0 aliphatic carbocycles. The van der Waals surface area contributed by atoms with Crippen molar-refractivity contribution in [2.75, 3.05) is 24.6 Å². The van der Waals surface area contributed by atoms with E-state index >= 15 is 0 Å². The molecule has 1 aromatic carbocycles. The number of nitrogens with zero attached hydrogens (tertiary/aromatic N) is 1. The van der Waals surface area contributed by atoms with Gasteiger partial charge in [-0.2, -0.15) is 17.0 Å². The molecule has 0 radical (unpaired) electrons. The third kappa shape index (κ3) is 3.74. The van der Waals surface area contributed by atoms with Crippen LogP contribution in [0, 0.1) is 17.2 Å². The maximum Gasteiger partial charge on any atom is 0.0991 e. The Morgan fingerprint density at radius 3 is 2.83 bits per heavy atom. The van der Waals surface area contributed by atoms with Crippen molar-refractivity contribution < 1.29 is 5.11 Å². The average molecular weight is 262 g/mol. The molecule has 4 heteroatoms. The Balaban J connectivity index is 1.76. The molecule has 0 bridgehead atoms. The number of aliphatic hydroxyl groups is 1. The van der Waals surface area contributed by atoms with Crippen LogP contribution in [0.25, 0.3) is 0 Å². The molecule has 1 heterocycles. The van der Waals surface area contributed by atoms with Gasteiger partial charge in [0.05, 0.1) is 17.7 Å². The van der Waals surface area contributed by atoms with Gasteiger partial charge >= 0.3 is 0 Å². The summed E-state index contributed by atoms with van der Waals surface area (Å²) < 4.78 is 0. The lowest BCUT2D eigenvalue weighted by molar-refractivity contribution is 0.173. The highest BCUT2D eigenvalue weighted by Gasteiger charge is 2.15. The zero-order valence-electron chi connectivity index (χ0n) is 10.3. The van der Waals surface area contributed by atoms with E-state index in [1.54, 1.807) is 12.1 Å². The standard InChI is InChI=1S/C14H18N2OS/c15-7-11-1-3-13(4-2-11)14(17)9-16-8-12-5-6-18-10-12/h1-4,12,14,16-17H,5-6,8-10H2. The molecule has 2 unspecified atom stereocenters. The van der Waals surface area contributed by atoms with Gasteiger partial charge in [0.2, 0.25) is 0 Å². The summed E-state index contributed by atoms with van der Waals surface area (Å²) in [5, 5.41) is 22.0. The lowest BCUT2D eigenvalue weighted by atomic mass is 10.1. The Morgan fingerprint density at radius 1 is 1.44 bits per heavy atom. The minimum atomic E-state index is -0.494. The van der Waals surface area contributed by atoms with Crippen molar-refractivity contribution in [2.45, 2.75) is 12.5 Å². The van der Waals surface area contributed by atoms with Gasteiger partial charge < -0.3 is 10.4 Å². The van der Waals surface area contributed by atoms with Crippen molar-refractivity contribution in [3.05, 3.63) is 35.4 Å². The number of hydrogen-bond donors (Lipinski definition) is 2. The quantitative estimate of drug-likeness (QED) is 0.851. The summed E-state index contributed by atoms with van der Waals surface area (Å²) in [6.07, 6.45) is 0.789. The van der Waals surface area contributed by atoms with Gasteiger partial charge in [0.1, 0.15) is 0 Å². The maximum absolute atomic E-state index is 10.0. The Bertz CT molecular complexity index is 407. The first-order valence-electron chi connectivity index (χ1n) is 6.26. The summed E-state index contributed by atoms with van der Waals surface area (Å²) >= 11 is 2.01. The van der Waals surface area contributed by atoms with Crippen LogP contribution in [-0.2, 0) is 0 Å². The van der Waals surface area contributed by atoms with Gasteiger partial charge in [0.15, 0.2) is 0 Å². The summed E-state index contributed by atoms with van der Waals surface area (Å²) in [4.78, 5) is 0. The van der Waals surface area contributed by atoms with E-state index in [2.05, 4.69) is 11.4 Å². The second-order valence-corrected chi connectivity index (χ2v) is 5.79. The van der Waals surface area contributed by atoms with Crippen LogP contribution in [0.1, 0.15) is 23.7 Å². The highest BCUT2D eigenvalue weighted by atomic mass is 32.2. The Hall–Kier alpha value is -1.02. The van der Waals surface area contributed by atoms with Gasteiger partial charge in [-0.3, -0.25) is 0 Å². The predicted molar refractivity (Wildman–Crippen MR) is 74.4 cm³/mol. The number of nitrogens with one attached hydrogen (secondary N) is 1. The molecule has 1 saturated heterocycles. The fraction of sp³-hybridized carbons (Fsp3) is 0.500. The van der Waals surface area contributed by atoms with E-state index in [1.807, 2.05) is 23.9 Å². The van der Waals surface area contributed by atoms with Crippen LogP contribution in [-0.4, -0.2) is 29.7 Å². The molecule has 1 aliphatic rings. The van der Waals surface area contributed by atoms with Gasteiger partial charge in [-0.25, -0.2) is 0 Å². The summed E-state index contributed by atoms with van der Waals surface area (Å²) in [7, 11) is 0. The smallest absolute Gasteiger partial charge is 0.0991 e. The largest absolute Gasteiger partial charge is 0.387 e. The van der Waals surface area contributed by atoms with Crippen LogP contribution < -0.4 is 5.32 Å². The van der Waals surface area contributed by atoms with Gasteiger partial charge in [0.25, 0.3) is 0 Å². The van der Waals surface area contributed by atoms with E-state index in [-0.39, 0.29) is 0 Å². The third-order valence-electron chi connectivity index (χ3n) is 3.22. The highest BCUT2D eigenvalue weighted by Crippen LogP contribution is 2.22. The molecule has 2 atom stereocenters. The van der Waals surface area contributed by atoms with Gasteiger partial charge in [-0.15, -0.1) is 0 Å². The fourth-order valence-electron chi connectivity index (χ4n) is 2.07. The maximum atomic E-state index is 10.0. The minimum absolute atomic E-state index is 0.494. The average Bonchev–Trinajstić information content (AvgIpc) is 2.92. The molecule has 2 N–H and O–H groups in total. The van der Waals surface area contributed by atoms with Crippen LogP contribution in [0.5, 0.6) is 0 Å². The van der Waals surface area contributed by atoms with Crippen molar-refractivity contribution in [3.8, 4) is 6.07 Å². The third-order valence-corrected chi connectivity index (χ3v) is 4.45. The van der Waals surface area contributed by atoms with Gasteiger partial charge in [-0.05, 0) is 48.1 Å². The Morgan fingerprint density at radius 2 is 2.22 bits per heavy atom. The normalized spacial score (nSPS) is 20.6. The SMILES string of the molecule is N#Cc1ccc(C(O)CNCC2CCSC2)cc1. The molecule has 3 nitrogen and oxygen atoms in total. The molecule has 0 amide bonds. The first-order valence-corrected chi connectivity index (χ1v) is 7.41. The van der Waals surface area contributed by atoms with Gasteiger partial charge in [-0.1, -0.05) is 12.1 Å². The van der Waals surface area contributed by atoms with Gasteiger partial charge in [0, 0.05) is 6.54 Å². The van der Waals surface area contributed by atoms with E-state index in [9.17, 15) is 5.11 Å². The zero-order valence-corrected chi connectivity index (χ0v) is 11.1. The van der Waals surface area contributed by atoms with Crippen LogP contribution in [0.15, 0.2) is 24.3 Å². The number of rotatable bonds is 5. The molecule has 0 spiro atoms. The van der Waals surface area contributed by atoms with E-state index in [0.29, 0.717) is 12.1 Å². The van der Waals surface area contributed by atoms with Crippen LogP contribution in [0.3, 0.4) is 0 Å². The number of nitriles is 1. The molecular formula is C14H18N2OS. The molecule has 1 fully saturated rings. The topological polar surface area (TPSA) is 56.0 Å². The molecule has 1 aliphatic heterocycles. The van der Waals surface area contributed by atoms with Crippen LogP contribution >= 0.6 is 11.8 Å². The van der Waals surface area contributed by atoms with E-state index in [0.717, 1.165) is 18.0 Å². The van der Waals surface area contributed by atoms with E-state index in [1.165, 1.54) is 17.9 Å². The number of benzene rings is 1. The van der Waals surface area contributed by atoms with Crippen LogP contribution in [0.4, 0.5) is 0 Å². The lowest BCUT2D eigenvalue weighted by Crippen LogP contribution is -2.27. The Kier molecular flexibility index (Phi) is 5.06. The number of hydrogen-bond acceptors (Lipinski definition) is 4. The lowest BCUT2D eigenvalue weighted by Gasteiger charge is -2.14. The molecule has 2 rings (SSSR count). The van der Waals surface area contributed by atoms with Crippen molar-refractivity contribution in [1.29, 1.82) is 5.26 Å². The van der Waals surface area contributed by atoms with E-state index in [4.69, 9.17) is 5.26 Å². The minimum Gasteiger partial charge on any atom is -0.387 e. The first kappa shape index (κ1) is 13.4. The zero-order chi connectivity index (χ0) is 12.8. The summed E-state index contributed by atoms with van der Waals surface area (Å²) in [5.74, 6) is 3.26. The van der Waals surface area contributed by atoms with Crippen molar-refractivity contribution >= 4 is 11.8 Å². The predicted octanol–water partition coefficient (Wildman–Crippen LogP) is 1.93. The van der Waals surface area contributed by atoms with Crippen molar-refractivity contribution in [1.82, 2.24) is 5.32 Å². The van der Waals surface area contributed by atoms with E-state index < -0.39 is 6.10 Å². The number of thioether (sulfide) groups is 1. The molecule has 0 saturated carbocycles. The molecule has 1 aromatic rings. The van der Waals surface area contributed by atoms with Crippen LogP contribution in [0.2, 0.25) is 0 Å². The number of aliphatic hydroxyl groups excluding tert-OH is 1. The van der Waals surface area contributed by atoms with Crippen molar-refractivity contribution in [3.63, 3.8) is 0 Å². The summed E-state index contributed by atoms with van der Waals surface area (Å²) in [5.41, 5.74) is 1.49. The second kappa shape index (κ2) is 6.79. The second-order valence-electron chi connectivity index (χ2n) is 4.64. The highest BCUT2D eigenvalue weighted by molar-refractivity contribution is 7.99.